The summed E-state index contributed by atoms with van der Waals surface area (Å²) in [5.74, 6) is 0.787. The molecule has 0 saturated heterocycles. The van der Waals surface area contributed by atoms with Crippen LogP contribution >= 0.6 is 34.8 Å². The lowest BCUT2D eigenvalue weighted by Crippen LogP contribution is -2.45. The second-order valence-electron chi connectivity index (χ2n) is 7.24. The fourth-order valence-corrected chi connectivity index (χ4v) is 5.41. The van der Waals surface area contributed by atoms with Gasteiger partial charge in [-0.15, -0.1) is 0 Å². The molecule has 20 heavy (non-hydrogen) atoms. The van der Waals surface area contributed by atoms with Gasteiger partial charge in [0.1, 0.15) is 0 Å². The molecule has 3 unspecified atom stereocenters. The van der Waals surface area contributed by atoms with Gasteiger partial charge in [0.05, 0.1) is 15.7 Å². The Labute approximate surface area is 136 Å². The first-order valence-electron chi connectivity index (χ1n) is 7.15. The Balaban J connectivity index is 1.96. The molecule has 2 aliphatic rings. The summed E-state index contributed by atoms with van der Waals surface area (Å²) in [6.07, 6.45) is 3.91. The summed E-state index contributed by atoms with van der Waals surface area (Å²) in [6.45, 7) is 7.10. The molecule has 0 aromatic heterocycles. The van der Waals surface area contributed by atoms with Crippen LogP contribution in [0.25, 0.3) is 0 Å². The molecule has 2 fully saturated rings. The van der Waals surface area contributed by atoms with Crippen LogP contribution in [0, 0.1) is 16.7 Å². The van der Waals surface area contributed by atoms with Crippen LogP contribution in [0.15, 0.2) is 12.1 Å². The van der Waals surface area contributed by atoms with Crippen molar-refractivity contribution >= 4 is 40.5 Å². The molecular formula is C16H20Cl3N. The third kappa shape index (κ3) is 2.14. The molecule has 1 N–H and O–H groups in total. The number of rotatable bonds is 2. The number of hydrogen-bond acceptors (Lipinski definition) is 1. The monoisotopic (exact) mass is 331 g/mol. The second kappa shape index (κ2) is 4.69. The highest BCUT2D eigenvalue weighted by molar-refractivity contribution is 6.41. The average Bonchev–Trinajstić information content (AvgIpc) is 2.77. The van der Waals surface area contributed by atoms with E-state index in [0.29, 0.717) is 26.5 Å². The Morgan fingerprint density at radius 1 is 1.10 bits per heavy atom. The second-order valence-corrected chi connectivity index (χ2v) is 8.49. The number of halogens is 3. The van der Waals surface area contributed by atoms with Gasteiger partial charge in [-0.1, -0.05) is 55.6 Å². The first kappa shape index (κ1) is 14.8. The SMILES string of the molecule is CC12CCC(C1)C(C)(C)C2Nc1c(Cl)cc(Cl)cc1Cl. The molecule has 0 amide bonds. The van der Waals surface area contributed by atoms with Gasteiger partial charge in [-0.25, -0.2) is 0 Å². The quantitative estimate of drug-likeness (QED) is 0.672. The van der Waals surface area contributed by atoms with Crippen LogP contribution < -0.4 is 5.32 Å². The molecule has 4 heteroatoms. The lowest BCUT2D eigenvalue weighted by atomic mass is 9.68. The molecule has 0 aliphatic heterocycles. The first-order valence-corrected chi connectivity index (χ1v) is 8.28. The van der Waals surface area contributed by atoms with Crippen molar-refractivity contribution in [1.82, 2.24) is 0 Å². The minimum absolute atomic E-state index is 0.263. The van der Waals surface area contributed by atoms with Crippen LogP contribution in [0.4, 0.5) is 5.69 Å². The third-order valence-corrected chi connectivity index (χ3v) is 6.38. The number of anilines is 1. The van der Waals surface area contributed by atoms with Gasteiger partial charge in [0.2, 0.25) is 0 Å². The van der Waals surface area contributed by atoms with Gasteiger partial charge in [0, 0.05) is 11.1 Å². The molecule has 2 saturated carbocycles. The lowest BCUT2D eigenvalue weighted by molar-refractivity contribution is 0.155. The van der Waals surface area contributed by atoms with Crippen molar-refractivity contribution in [2.75, 3.05) is 5.32 Å². The molecule has 1 aromatic carbocycles. The third-order valence-electron chi connectivity index (χ3n) is 5.57. The fraction of sp³-hybridized carbons (Fsp3) is 0.625. The molecule has 0 radical (unpaired) electrons. The Bertz CT molecular complexity index is 527. The molecule has 2 aliphatic carbocycles. The Kier molecular flexibility index (Phi) is 3.48. The highest BCUT2D eigenvalue weighted by Gasteiger charge is 2.59. The molecular weight excluding hydrogens is 313 g/mol. The largest absolute Gasteiger partial charge is 0.379 e. The van der Waals surface area contributed by atoms with E-state index < -0.39 is 0 Å². The number of benzene rings is 1. The van der Waals surface area contributed by atoms with Crippen LogP contribution in [-0.2, 0) is 0 Å². The topological polar surface area (TPSA) is 12.0 Å². The van der Waals surface area contributed by atoms with Crippen molar-refractivity contribution in [3.63, 3.8) is 0 Å². The van der Waals surface area contributed by atoms with E-state index in [2.05, 4.69) is 26.1 Å². The molecule has 0 spiro atoms. The summed E-state index contributed by atoms with van der Waals surface area (Å²) >= 11 is 18.6. The summed E-state index contributed by atoms with van der Waals surface area (Å²) in [4.78, 5) is 0. The molecule has 3 atom stereocenters. The van der Waals surface area contributed by atoms with Crippen LogP contribution in [0.5, 0.6) is 0 Å². The van der Waals surface area contributed by atoms with Crippen molar-refractivity contribution in [3.05, 3.63) is 27.2 Å². The predicted octanol–water partition coefficient (Wildman–Crippen LogP) is 6.27. The molecule has 110 valence electrons. The summed E-state index contributed by atoms with van der Waals surface area (Å²) in [6, 6.07) is 3.89. The Morgan fingerprint density at radius 2 is 1.70 bits per heavy atom. The first-order chi connectivity index (χ1) is 9.24. The van der Waals surface area contributed by atoms with E-state index in [1.54, 1.807) is 12.1 Å². The van der Waals surface area contributed by atoms with Gasteiger partial charge in [-0.05, 0) is 48.1 Å². The van der Waals surface area contributed by atoms with Crippen molar-refractivity contribution < 1.29 is 0 Å². The van der Waals surface area contributed by atoms with Gasteiger partial charge in [0.25, 0.3) is 0 Å². The van der Waals surface area contributed by atoms with Gasteiger partial charge >= 0.3 is 0 Å². The van der Waals surface area contributed by atoms with Crippen LogP contribution in [-0.4, -0.2) is 6.04 Å². The minimum atomic E-state index is 0.263. The van der Waals surface area contributed by atoms with E-state index in [-0.39, 0.29) is 5.41 Å². The molecule has 0 heterocycles. The standard InChI is InChI=1S/C16H20Cl3N/c1-15(2)9-4-5-16(3,8-9)14(15)20-13-11(18)6-10(17)7-12(13)19/h6-7,9,14,20H,4-5,8H2,1-3H3. The number of hydrogen-bond donors (Lipinski definition) is 1. The number of fused-ring (bicyclic) bond motifs is 2. The van der Waals surface area contributed by atoms with E-state index in [0.717, 1.165) is 11.6 Å². The van der Waals surface area contributed by atoms with Gasteiger partial charge < -0.3 is 5.32 Å². The fourth-order valence-electron chi connectivity index (χ4n) is 4.49. The lowest BCUT2D eigenvalue weighted by Gasteiger charge is -2.44. The maximum atomic E-state index is 6.32. The summed E-state index contributed by atoms with van der Waals surface area (Å²) < 4.78 is 0. The zero-order valence-electron chi connectivity index (χ0n) is 12.1. The van der Waals surface area contributed by atoms with Gasteiger partial charge in [0.15, 0.2) is 0 Å². The molecule has 3 rings (SSSR count). The molecule has 1 aromatic rings. The minimum Gasteiger partial charge on any atom is -0.379 e. The highest BCUT2D eigenvalue weighted by Crippen LogP contribution is 2.63. The van der Waals surface area contributed by atoms with Gasteiger partial charge in [-0.3, -0.25) is 0 Å². The smallest absolute Gasteiger partial charge is 0.0722 e. The van der Waals surface area contributed by atoms with Crippen LogP contribution in [0.2, 0.25) is 15.1 Å². The van der Waals surface area contributed by atoms with E-state index >= 15 is 0 Å². The average molecular weight is 333 g/mol. The van der Waals surface area contributed by atoms with Crippen molar-refractivity contribution in [2.45, 2.75) is 46.1 Å². The van der Waals surface area contributed by atoms with Gasteiger partial charge in [-0.2, -0.15) is 0 Å². The van der Waals surface area contributed by atoms with E-state index in [1.165, 1.54) is 19.3 Å². The maximum absolute atomic E-state index is 6.32. The highest BCUT2D eigenvalue weighted by atomic mass is 35.5. The van der Waals surface area contributed by atoms with Crippen LogP contribution in [0.3, 0.4) is 0 Å². The summed E-state index contributed by atoms with van der Waals surface area (Å²) in [5.41, 5.74) is 1.42. The Morgan fingerprint density at radius 3 is 2.20 bits per heavy atom. The summed E-state index contributed by atoms with van der Waals surface area (Å²) in [7, 11) is 0. The van der Waals surface area contributed by atoms with E-state index in [9.17, 15) is 0 Å². The molecule has 2 bridgehead atoms. The zero-order valence-corrected chi connectivity index (χ0v) is 14.3. The predicted molar refractivity (Wildman–Crippen MR) is 88.1 cm³/mol. The van der Waals surface area contributed by atoms with Crippen molar-refractivity contribution in [1.29, 1.82) is 0 Å². The van der Waals surface area contributed by atoms with Crippen molar-refractivity contribution in [2.24, 2.45) is 16.7 Å². The van der Waals surface area contributed by atoms with Crippen molar-refractivity contribution in [3.8, 4) is 0 Å². The maximum Gasteiger partial charge on any atom is 0.0722 e. The Hall–Kier alpha value is -0.110. The molecule has 1 nitrogen and oxygen atoms in total. The zero-order chi connectivity index (χ0) is 14.7. The van der Waals surface area contributed by atoms with E-state index in [1.807, 2.05) is 0 Å². The van der Waals surface area contributed by atoms with E-state index in [4.69, 9.17) is 34.8 Å². The van der Waals surface area contributed by atoms with Crippen LogP contribution in [0.1, 0.15) is 40.0 Å². The summed E-state index contributed by atoms with van der Waals surface area (Å²) in [5, 5.41) is 5.42. The normalized spacial score (nSPS) is 34.5. The number of nitrogens with one attached hydrogen (secondary N) is 1.